The van der Waals surface area contributed by atoms with Crippen LogP contribution in [0.25, 0.3) is 0 Å². The normalized spacial score (nSPS) is 28.6. The summed E-state index contributed by atoms with van der Waals surface area (Å²) in [4.78, 5) is 48.7. The molecule has 244 valence electrons. The quantitative estimate of drug-likeness (QED) is 0.102. The summed E-state index contributed by atoms with van der Waals surface area (Å²) >= 11 is 0. The monoisotopic (exact) mass is 600 g/mol. The summed E-state index contributed by atoms with van der Waals surface area (Å²) in [6, 6.07) is 0. The van der Waals surface area contributed by atoms with Crippen LogP contribution in [-0.2, 0) is 38.6 Å². The summed E-state index contributed by atoms with van der Waals surface area (Å²) in [5.74, 6) is -2.59. The van der Waals surface area contributed by atoms with Crippen molar-refractivity contribution in [3.05, 3.63) is 0 Å². The molecule has 0 bridgehead atoms. The van der Waals surface area contributed by atoms with E-state index in [1.165, 1.54) is 0 Å². The van der Waals surface area contributed by atoms with E-state index >= 15 is 0 Å². The van der Waals surface area contributed by atoms with Crippen molar-refractivity contribution in [2.45, 2.75) is 117 Å². The summed E-state index contributed by atoms with van der Waals surface area (Å²) in [7, 11) is 0. The van der Waals surface area contributed by atoms with Crippen LogP contribution in [0.4, 0.5) is 0 Å². The molecule has 0 atom stereocenters. The van der Waals surface area contributed by atoms with Crippen molar-refractivity contribution in [2.75, 3.05) is 65.6 Å². The molecule has 3 rings (SSSR count). The molecule has 0 amide bonds. The van der Waals surface area contributed by atoms with E-state index in [0.29, 0.717) is 64.6 Å². The second-order valence-corrected chi connectivity index (χ2v) is 12.8. The van der Waals surface area contributed by atoms with Gasteiger partial charge in [-0.05, 0) is 67.2 Å². The summed E-state index contributed by atoms with van der Waals surface area (Å²) in [6.45, 7) is 22.9. The molecule has 0 radical (unpaired) electrons. The van der Waals surface area contributed by atoms with Crippen molar-refractivity contribution in [3.63, 3.8) is 0 Å². The molecular formula is C32H60N2O8+2. The first kappa shape index (κ1) is 35.2. The van der Waals surface area contributed by atoms with Crippen molar-refractivity contribution in [2.24, 2.45) is 11.8 Å². The van der Waals surface area contributed by atoms with Crippen molar-refractivity contribution in [1.82, 2.24) is 0 Å². The zero-order valence-electron chi connectivity index (χ0n) is 27.5. The first-order chi connectivity index (χ1) is 20.2. The molecule has 0 unspecified atom stereocenters. The highest BCUT2D eigenvalue weighted by Gasteiger charge is 2.53. The summed E-state index contributed by atoms with van der Waals surface area (Å²) in [5, 5.41) is 0. The summed E-state index contributed by atoms with van der Waals surface area (Å²) in [5.41, 5.74) is 0. The highest BCUT2D eigenvalue weighted by molar-refractivity contribution is 5.73. The van der Waals surface area contributed by atoms with Gasteiger partial charge in [-0.3, -0.25) is 9.59 Å². The summed E-state index contributed by atoms with van der Waals surface area (Å²) < 4.78 is 13.4. The minimum atomic E-state index is -0.999. The molecule has 1 aliphatic heterocycles. The fourth-order valence-corrected chi connectivity index (χ4v) is 6.92. The average molecular weight is 601 g/mol. The van der Waals surface area contributed by atoms with E-state index in [-0.39, 0.29) is 23.8 Å². The van der Waals surface area contributed by atoms with E-state index in [2.05, 4.69) is 41.5 Å². The molecule has 2 spiro atoms. The Morgan fingerprint density at radius 1 is 0.571 bits per heavy atom. The number of carbonyl (C=O) groups is 2. The van der Waals surface area contributed by atoms with Crippen LogP contribution in [-0.4, -0.2) is 98.1 Å². The lowest BCUT2D eigenvalue weighted by atomic mass is 9.84. The van der Waals surface area contributed by atoms with Crippen molar-refractivity contribution in [3.8, 4) is 0 Å². The Bertz CT molecular complexity index is 732. The number of hydrogen-bond donors (Lipinski definition) is 0. The highest BCUT2D eigenvalue weighted by atomic mass is 17.4. The Morgan fingerprint density at radius 3 is 1.12 bits per heavy atom. The van der Waals surface area contributed by atoms with Crippen LogP contribution in [0.1, 0.15) is 106 Å². The van der Waals surface area contributed by atoms with Gasteiger partial charge in [0.25, 0.3) is 0 Å². The molecule has 0 aromatic heterocycles. The van der Waals surface area contributed by atoms with E-state index in [0.717, 1.165) is 74.2 Å². The zero-order valence-corrected chi connectivity index (χ0v) is 27.5. The van der Waals surface area contributed by atoms with Crippen LogP contribution in [0.3, 0.4) is 0 Å². The smallest absolute Gasteiger partial charge is 0.308 e. The van der Waals surface area contributed by atoms with Gasteiger partial charge in [-0.25, -0.2) is 0 Å². The highest BCUT2D eigenvalue weighted by Crippen LogP contribution is 2.46. The van der Waals surface area contributed by atoms with Crippen LogP contribution >= 0.6 is 0 Å². The summed E-state index contributed by atoms with van der Waals surface area (Å²) in [6.07, 6.45) is 6.12. The second-order valence-electron chi connectivity index (χ2n) is 12.8. The van der Waals surface area contributed by atoms with Crippen molar-refractivity contribution in [1.29, 1.82) is 0 Å². The second kappa shape index (κ2) is 16.1. The van der Waals surface area contributed by atoms with Crippen LogP contribution in [0.15, 0.2) is 0 Å². The van der Waals surface area contributed by atoms with Gasteiger partial charge in [0.05, 0.1) is 77.4 Å². The predicted molar refractivity (Wildman–Crippen MR) is 158 cm³/mol. The maximum Gasteiger partial charge on any atom is 0.308 e. The van der Waals surface area contributed by atoms with Gasteiger partial charge in [0.2, 0.25) is 11.6 Å². The van der Waals surface area contributed by atoms with Gasteiger partial charge < -0.3 is 18.4 Å². The standard InChI is InChI=1S/C32H60N2O8/c1-7-33(8-2,9-3)23-13-25-37-29(35)27-15-19-31(20-16-27)39-41-32(42-40-31)21-17-28(18-22-32)30(36)38-26-14-24-34(10-4,11-5)12-6/h27-28H,7-26H2,1-6H3/q+2. The molecule has 3 fully saturated rings. The predicted octanol–water partition coefficient (Wildman–Crippen LogP) is 5.29. The van der Waals surface area contributed by atoms with Crippen molar-refractivity contribution < 1.29 is 47.6 Å². The third kappa shape index (κ3) is 8.88. The molecule has 1 saturated heterocycles. The van der Waals surface area contributed by atoms with Gasteiger partial charge in [-0.1, -0.05) is 0 Å². The lowest BCUT2D eigenvalue weighted by Gasteiger charge is -2.46. The number of rotatable bonds is 16. The van der Waals surface area contributed by atoms with Gasteiger partial charge in [0.15, 0.2) is 0 Å². The Hall–Kier alpha value is -1.30. The maximum absolute atomic E-state index is 12.7. The minimum absolute atomic E-state index is 0.133. The van der Waals surface area contributed by atoms with Gasteiger partial charge in [0.1, 0.15) is 0 Å². The van der Waals surface area contributed by atoms with Gasteiger partial charge in [-0.2, -0.15) is 19.6 Å². The SMILES string of the molecule is CC[N+](CC)(CC)CCCOC(=O)C1CCC2(CC1)OOC1(CCC(C(=O)OCCC[N+](CC)(CC)CC)CC1)OO2. The molecular weight excluding hydrogens is 540 g/mol. The van der Waals surface area contributed by atoms with E-state index in [1.54, 1.807) is 0 Å². The Balaban J connectivity index is 1.33. The number of carbonyl (C=O) groups excluding carboxylic acids is 2. The van der Waals surface area contributed by atoms with Crippen LogP contribution in [0.2, 0.25) is 0 Å². The van der Waals surface area contributed by atoms with Crippen LogP contribution in [0, 0.1) is 11.8 Å². The molecule has 42 heavy (non-hydrogen) atoms. The third-order valence-corrected chi connectivity index (χ3v) is 10.9. The third-order valence-electron chi connectivity index (χ3n) is 10.9. The lowest BCUT2D eigenvalue weighted by molar-refractivity contribution is -0.923. The number of quaternary nitrogens is 2. The molecule has 0 N–H and O–H groups in total. The molecule has 0 aromatic rings. The molecule has 10 heteroatoms. The number of esters is 2. The maximum atomic E-state index is 12.7. The van der Waals surface area contributed by atoms with E-state index in [4.69, 9.17) is 29.0 Å². The Morgan fingerprint density at radius 2 is 0.857 bits per heavy atom. The van der Waals surface area contributed by atoms with E-state index < -0.39 is 11.6 Å². The molecule has 1 heterocycles. The largest absolute Gasteiger partial charge is 0.465 e. The molecule has 10 nitrogen and oxygen atoms in total. The van der Waals surface area contributed by atoms with Gasteiger partial charge >= 0.3 is 11.9 Å². The van der Waals surface area contributed by atoms with E-state index in [9.17, 15) is 9.59 Å². The van der Waals surface area contributed by atoms with Crippen LogP contribution < -0.4 is 0 Å². The van der Waals surface area contributed by atoms with Crippen LogP contribution in [0.5, 0.6) is 0 Å². The number of hydrogen-bond acceptors (Lipinski definition) is 8. The Kier molecular flexibility index (Phi) is 13.5. The average Bonchev–Trinajstić information content (AvgIpc) is 3.04. The Labute approximate surface area is 254 Å². The zero-order chi connectivity index (χ0) is 30.7. The van der Waals surface area contributed by atoms with E-state index in [1.807, 2.05) is 0 Å². The molecule has 2 saturated carbocycles. The number of nitrogens with zero attached hydrogens (tertiary/aromatic N) is 2. The fraction of sp³-hybridized carbons (Fsp3) is 0.938. The first-order valence-corrected chi connectivity index (χ1v) is 16.9. The number of ether oxygens (including phenoxy) is 2. The van der Waals surface area contributed by atoms with Crippen molar-refractivity contribution >= 4 is 11.9 Å². The molecule has 2 aliphatic carbocycles. The van der Waals surface area contributed by atoms with Gasteiger partial charge in [0, 0.05) is 38.5 Å². The lowest BCUT2D eigenvalue weighted by Crippen LogP contribution is -2.54. The van der Waals surface area contributed by atoms with Gasteiger partial charge in [-0.15, -0.1) is 0 Å². The molecule has 3 aliphatic rings. The molecule has 0 aromatic carbocycles. The topological polar surface area (TPSA) is 89.5 Å². The minimum Gasteiger partial charge on any atom is -0.465 e. The first-order valence-electron chi connectivity index (χ1n) is 16.9. The fourth-order valence-electron chi connectivity index (χ4n) is 6.92.